The molecule has 3 rings (SSSR count). The van der Waals surface area contributed by atoms with Crippen LogP contribution in [-0.2, 0) is 12.7 Å². The Morgan fingerprint density at radius 2 is 2.05 bits per heavy atom. The molecule has 22 heavy (non-hydrogen) atoms. The van der Waals surface area contributed by atoms with Crippen LogP contribution in [0, 0.1) is 0 Å². The minimum absolute atomic E-state index is 0.0240. The van der Waals surface area contributed by atoms with Crippen molar-refractivity contribution in [2.75, 3.05) is 18.0 Å². The first-order valence-electron chi connectivity index (χ1n) is 7.28. The van der Waals surface area contributed by atoms with Gasteiger partial charge in [0.15, 0.2) is 0 Å². The highest BCUT2D eigenvalue weighted by Gasteiger charge is 2.31. The molecule has 0 saturated heterocycles. The number of alkyl halides is 3. The summed E-state index contributed by atoms with van der Waals surface area (Å²) in [4.78, 5) is 18.9. The number of unbranched alkanes of at least 4 members (excludes halogenated alkanes) is 1. The third kappa shape index (κ3) is 2.44. The van der Waals surface area contributed by atoms with Crippen molar-refractivity contribution in [2.24, 2.45) is 0 Å². The van der Waals surface area contributed by atoms with Gasteiger partial charge in [0.1, 0.15) is 0 Å². The molecule has 2 heterocycles. The van der Waals surface area contributed by atoms with Gasteiger partial charge in [0.05, 0.1) is 16.5 Å². The van der Waals surface area contributed by atoms with Gasteiger partial charge in [-0.1, -0.05) is 13.3 Å². The van der Waals surface area contributed by atoms with Crippen LogP contribution >= 0.6 is 0 Å². The Kier molecular flexibility index (Phi) is 3.58. The van der Waals surface area contributed by atoms with E-state index in [4.69, 9.17) is 0 Å². The number of benzene rings is 1. The predicted molar refractivity (Wildman–Crippen MR) is 78.1 cm³/mol. The molecule has 0 N–H and O–H groups in total. The molecule has 1 aromatic carbocycles. The summed E-state index contributed by atoms with van der Waals surface area (Å²) in [6, 6.07) is 3.14. The highest BCUT2D eigenvalue weighted by Crippen LogP contribution is 2.31. The van der Waals surface area contributed by atoms with E-state index in [-0.39, 0.29) is 5.39 Å². The average Bonchev–Trinajstić information content (AvgIpc) is 2.87. The van der Waals surface area contributed by atoms with E-state index in [2.05, 4.69) is 11.9 Å². The maximum Gasteiger partial charge on any atom is 0.416 e. The number of hydrogen-bond acceptors (Lipinski definition) is 3. The Hall–Kier alpha value is -2.05. The molecule has 0 fully saturated rings. The first-order chi connectivity index (χ1) is 10.4. The van der Waals surface area contributed by atoms with Crippen molar-refractivity contribution in [1.82, 2.24) is 9.55 Å². The van der Waals surface area contributed by atoms with E-state index in [1.807, 2.05) is 4.90 Å². The predicted octanol–water partition coefficient (Wildman–Crippen LogP) is 3.04. The van der Waals surface area contributed by atoms with Crippen molar-refractivity contribution in [2.45, 2.75) is 32.5 Å². The molecular weight excluding hydrogens is 295 g/mol. The molecule has 0 atom stereocenters. The Morgan fingerprint density at radius 3 is 2.73 bits per heavy atom. The summed E-state index contributed by atoms with van der Waals surface area (Å²) in [5.74, 6) is 0.561. The number of nitrogens with zero attached hydrogens (tertiary/aromatic N) is 3. The summed E-state index contributed by atoms with van der Waals surface area (Å²) in [5.41, 5.74) is -0.905. The minimum atomic E-state index is -4.46. The molecule has 1 aliphatic heterocycles. The SMILES string of the molecule is CCCCN1CCn2c1nc1ccc(C(F)(F)F)cc1c2=O. The van der Waals surface area contributed by atoms with E-state index in [9.17, 15) is 18.0 Å². The summed E-state index contributed by atoms with van der Waals surface area (Å²) in [5, 5.41) is 0.0240. The molecule has 0 aliphatic carbocycles. The van der Waals surface area contributed by atoms with Crippen LogP contribution in [0.3, 0.4) is 0 Å². The number of hydrogen-bond donors (Lipinski definition) is 0. The standard InChI is InChI=1S/C15H16F3N3O/c1-2-3-6-20-7-8-21-13(22)11-9-10(15(16,17)18)4-5-12(11)19-14(20)21/h4-5,9H,2-3,6-8H2,1H3. The molecular formula is C15H16F3N3O. The zero-order valence-electron chi connectivity index (χ0n) is 12.2. The Balaban J connectivity index is 2.11. The second-order valence-corrected chi connectivity index (χ2v) is 5.44. The van der Waals surface area contributed by atoms with Crippen molar-refractivity contribution in [3.63, 3.8) is 0 Å². The maximum atomic E-state index is 12.8. The van der Waals surface area contributed by atoms with E-state index in [1.54, 1.807) is 0 Å². The van der Waals surface area contributed by atoms with Crippen LogP contribution in [0.25, 0.3) is 10.9 Å². The van der Waals surface area contributed by atoms with Crippen molar-refractivity contribution in [3.8, 4) is 0 Å². The third-order valence-corrected chi connectivity index (χ3v) is 3.92. The van der Waals surface area contributed by atoms with E-state index in [0.29, 0.717) is 24.6 Å². The van der Waals surface area contributed by atoms with Gasteiger partial charge in [-0.05, 0) is 24.6 Å². The van der Waals surface area contributed by atoms with Crippen LogP contribution in [0.5, 0.6) is 0 Å². The summed E-state index contributed by atoms with van der Waals surface area (Å²) in [6.07, 6.45) is -2.44. The smallest absolute Gasteiger partial charge is 0.340 e. The molecule has 0 unspecified atom stereocenters. The summed E-state index contributed by atoms with van der Waals surface area (Å²) >= 11 is 0. The highest BCUT2D eigenvalue weighted by molar-refractivity contribution is 5.80. The van der Waals surface area contributed by atoms with Gasteiger partial charge in [-0.25, -0.2) is 4.98 Å². The van der Waals surface area contributed by atoms with Gasteiger partial charge < -0.3 is 4.90 Å². The molecule has 1 aromatic heterocycles. The fraction of sp³-hybridized carbons (Fsp3) is 0.467. The molecule has 7 heteroatoms. The molecule has 0 radical (unpaired) electrons. The van der Waals surface area contributed by atoms with Crippen molar-refractivity contribution in [3.05, 3.63) is 34.1 Å². The summed E-state index contributed by atoms with van der Waals surface area (Å²) < 4.78 is 39.8. The van der Waals surface area contributed by atoms with Gasteiger partial charge >= 0.3 is 6.18 Å². The first-order valence-corrected chi connectivity index (χ1v) is 7.28. The number of halogens is 3. The largest absolute Gasteiger partial charge is 0.416 e. The van der Waals surface area contributed by atoms with Crippen LogP contribution < -0.4 is 10.5 Å². The minimum Gasteiger partial charge on any atom is -0.340 e. The third-order valence-electron chi connectivity index (χ3n) is 3.92. The van der Waals surface area contributed by atoms with Gasteiger partial charge in [-0.3, -0.25) is 9.36 Å². The lowest BCUT2D eigenvalue weighted by Crippen LogP contribution is -2.24. The lowest BCUT2D eigenvalue weighted by atomic mass is 10.1. The van der Waals surface area contributed by atoms with Crippen LogP contribution in [0.2, 0.25) is 0 Å². The second-order valence-electron chi connectivity index (χ2n) is 5.44. The lowest BCUT2D eigenvalue weighted by molar-refractivity contribution is -0.137. The molecule has 0 amide bonds. The Labute approximate surface area is 125 Å². The average molecular weight is 311 g/mol. The summed E-state index contributed by atoms with van der Waals surface area (Å²) in [6.45, 7) is 4.02. The molecule has 0 saturated carbocycles. The molecule has 0 spiro atoms. The molecule has 4 nitrogen and oxygen atoms in total. The van der Waals surface area contributed by atoms with Gasteiger partial charge in [0.25, 0.3) is 5.56 Å². The van der Waals surface area contributed by atoms with E-state index < -0.39 is 17.3 Å². The zero-order chi connectivity index (χ0) is 15.9. The fourth-order valence-electron chi connectivity index (χ4n) is 2.71. The topological polar surface area (TPSA) is 38.1 Å². The fourth-order valence-corrected chi connectivity index (χ4v) is 2.71. The summed E-state index contributed by atoms with van der Waals surface area (Å²) in [7, 11) is 0. The Bertz CT molecular complexity index is 767. The number of fused-ring (bicyclic) bond motifs is 2. The van der Waals surface area contributed by atoms with Crippen LogP contribution in [-0.4, -0.2) is 22.6 Å². The van der Waals surface area contributed by atoms with Gasteiger partial charge in [0, 0.05) is 19.6 Å². The van der Waals surface area contributed by atoms with Gasteiger partial charge in [-0.2, -0.15) is 13.2 Å². The van der Waals surface area contributed by atoms with Crippen LogP contribution in [0.1, 0.15) is 25.3 Å². The lowest BCUT2D eigenvalue weighted by Gasteiger charge is -2.17. The highest BCUT2D eigenvalue weighted by atomic mass is 19.4. The van der Waals surface area contributed by atoms with Crippen LogP contribution in [0.15, 0.2) is 23.0 Å². The number of anilines is 1. The van der Waals surface area contributed by atoms with Gasteiger partial charge in [0.2, 0.25) is 5.95 Å². The second kappa shape index (κ2) is 5.30. The van der Waals surface area contributed by atoms with Crippen molar-refractivity contribution in [1.29, 1.82) is 0 Å². The molecule has 0 bridgehead atoms. The number of aromatic nitrogens is 2. The van der Waals surface area contributed by atoms with E-state index >= 15 is 0 Å². The van der Waals surface area contributed by atoms with Gasteiger partial charge in [-0.15, -0.1) is 0 Å². The Morgan fingerprint density at radius 1 is 1.27 bits per heavy atom. The normalized spacial score (nSPS) is 14.6. The quantitative estimate of drug-likeness (QED) is 0.874. The first kappa shape index (κ1) is 14.9. The van der Waals surface area contributed by atoms with E-state index in [1.165, 1.54) is 10.6 Å². The molecule has 2 aromatic rings. The molecule has 118 valence electrons. The maximum absolute atomic E-state index is 12.8. The molecule has 1 aliphatic rings. The zero-order valence-corrected chi connectivity index (χ0v) is 12.2. The van der Waals surface area contributed by atoms with Crippen LogP contribution in [0.4, 0.5) is 19.1 Å². The van der Waals surface area contributed by atoms with Crippen molar-refractivity contribution >= 4 is 16.9 Å². The van der Waals surface area contributed by atoms with E-state index in [0.717, 1.165) is 31.5 Å². The monoisotopic (exact) mass is 311 g/mol. The van der Waals surface area contributed by atoms with Crippen molar-refractivity contribution < 1.29 is 13.2 Å². The number of rotatable bonds is 3.